The fraction of sp³-hybridized carbons (Fsp3) is 0.550. The third-order valence-electron chi connectivity index (χ3n) is 5.67. The molecule has 7 heteroatoms. The first kappa shape index (κ1) is 19.1. The molecule has 146 valence electrons. The van der Waals surface area contributed by atoms with E-state index in [-0.39, 0.29) is 0 Å². The van der Waals surface area contributed by atoms with Crippen LogP contribution in [-0.2, 0) is 0 Å². The van der Waals surface area contributed by atoms with Gasteiger partial charge in [0, 0.05) is 43.9 Å². The van der Waals surface area contributed by atoms with Gasteiger partial charge in [0.25, 0.3) is 0 Å². The first-order valence-corrected chi connectivity index (χ1v) is 10.7. The van der Waals surface area contributed by atoms with E-state index in [2.05, 4.69) is 31.4 Å². The maximum absolute atomic E-state index is 6.13. The number of piperidine rings is 1. The van der Waals surface area contributed by atoms with Crippen molar-refractivity contribution in [3.63, 3.8) is 0 Å². The Morgan fingerprint density at radius 2 is 1.81 bits per heavy atom. The SMILES string of the molecule is Clc1ccc(-c2cc(N3CCC(NCCN4CCCC4)CC3)n[nH]2)cc1Cl. The minimum atomic E-state index is 0.561. The molecule has 1 aromatic carbocycles. The number of nitrogens with one attached hydrogen (secondary N) is 2. The van der Waals surface area contributed by atoms with Crippen LogP contribution in [0.3, 0.4) is 0 Å². The van der Waals surface area contributed by atoms with Crippen LogP contribution in [0, 0.1) is 0 Å². The summed E-state index contributed by atoms with van der Waals surface area (Å²) in [5, 5.41) is 12.5. The number of aromatic amines is 1. The summed E-state index contributed by atoms with van der Waals surface area (Å²) in [6, 6.07) is 8.37. The first-order chi connectivity index (χ1) is 13.2. The summed E-state index contributed by atoms with van der Waals surface area (Å²) in [5.41, 5.74) is 1.97. The van der Waals surface area contributed by atoms with Crippen molar-refractivity contribution < 1.29 is 0 Å². The van der Waals surface area contributed by atoms with E-state index in [4.69, 9.17) is 23.2 Å². The lowest BCUT2D eigenvalue weighted by Gasteiger charge is -2.32. The number of aromatic nitrogens is 2. The molecule has 0 amide bonds. The van der Waals surface area contributed by atoms with Gasteiger partial charge in [-0.05, 0) is 50.9 Å². The van der Waals surface area contributed by atoms with Crippen LogP contribution in [0.25, 0.3) is 11.3 Å². The molecular formula is C20H27Cl2N5. The lowest BCUT2D eigenvalue weighted by Crippen LogP contribution is -2.44. The van der Waals surface area contributed by atoms with Crippen molar-refractivity contribution in [3.8, 4) is 11.3 Å². The molecule has 27 heavy (non-hydrogen) atoms. The molecule has 0 unspecified atom stereocenters. The van der Waals surface area contributed by atoms with Crippen LogP contribution in [0.4, 0.5) is 5.82 Å². The van der Waals surface area contributed by atoms with Crippen molar-refractivity contribution in [2.75, 3.05) is 44.2 Å². The van der Waals surface area contributed by atoms with Crippen molar-refractivity contribution in [2.24, 2.45) is 0 Å². The van der Waals surface area contributed by atoms with E-state index in [0.29, 0.717) is 16.1 Å². The van der Waals surface area contributed by atoms with Crippen LogP contribution >= 0.6 is 23.2 Å². The Balaban J connectivity index is 1.27. The number of rotatable bonds is 6. The summed E-state index contributed by atoms with van der Waals surface area (Å²) in [5.74, 6) is 1.01. The van der Waals surface area contributed by atoms with E-state index < -0.39 is 0 Å². The highest BCUT2D eigenvalue weighted by Gasteiger charge is 2.21. The van der Waals surface area contributed by atoms with Crippen LogP contribution in [0.1, 0.15) is 25.7 Å². The number of likely N-dealkylation sites (tertiary alicyclic amines) is 1. The summed E-state index contributed by atoms with van der Waals surface area (Å²) < 4.78 is 0. The molecule has 2 saturated heterocycles. The summed E-state index contributed by atoms with van der Waals surface area (Å²) in [6.07, 6.45) is 5.06. The zero-order valence-electron chi connectivity index (χ0n) is 15.6. The lowest BCUT2D eigenvalue weighted by molar-refractivity contribution is 0.316. The highest BCUT2D eigenvalue weighted by Crippen LogP contribution is 2.29. The molecule has 1 aromatic heterocycles. The number of nitrogens with zero attached hydrogens (tertiary/aromatic N) is 3. The Hall–Kier alpha value is -1.27. The molecule has 2 aliphatic heterocycles. The predicted octanol–water partition coefficient (Wildman–Crippen LogP) is 4.04. The predicted molar refractivity (Wildman–Crippen MR) is 113 cm³/mol. The van der Waals surface area contributed by atoms with Gasteiger partial charge in [0.2, 0.25) is 0 Å². The smallest absolute Gasteiger partial charge is 0.150 e. The van der Waals surface area contributed by atoms with Gasteiger partial charge in [0.1, 0.15) is 0 Å². The molecule has 2 aromatic rings. The Morgan fingerprint density at radius 3 is 2.56 bits per heavy atom. The lowest BCUT2D eigenvalue weighted by atomic mass is 10.0. The number of hydrogen-bond acceptors (Lipinski definition) is 4. The van der Waals surface area contributed by atoms with Gasteiger partial charge in [-0.25, -0.2) is 0 Å². The quantitative estimate of drug-likeness (QED) is 0.758. The second-order valence-corrected chi connectivity index (χ2v) is 8.35. The molecule has 0 saturated carbocycles. The number of anilines is 1. The average molecular weight is 408 g/mol. The molecule has 0 bridgehead atoms. The third kappa shape index (κ3) is 4.77. The molecular weight excluding hydrogens is 381 g/mol. The van der Waals surface area contributed by atoms with Gasteiger partial charge in [0.05, 0.1) is 15.7 Å². The Labute approximate surface area is 171 Å². The Bertz CT molecular complexity index is 749. The van der Waals surface area contributed by atoms with Gasteiger partial charge in [-0.3, -0.25) is 5.10 Å². The van der Waals surface area contributed by atoms with E-state index in [0.717, 1.165) is 49.6 Å². The molecule has 3 heterocycles. The van der Waals surface area contributed by atoms with Crippen molar-refractivity contribution >= 4 is 29.0 Å². The van der Waals surface area contributed by atoms with Crippen molar-refractivity contribution in [1.82, 2.24) is 20.4 Å². The maximum atomic E-state index is 6.13. The van der Waals surface area contributed by atoms with Crippen molar-refractivity contribution in [3.05, 3.63) is 34.3 Å². The topological polar surface area (TPSA) is 47.2 Å². The largest absolute Gasteiger partial charge is 0.355 e. The van der Waals surface area contributed by atoms with Crippen molar-refractivity contribution in [1.29, 1.82) is 0 Å². The fourth-order valence-electron chi connectivity index (χ4n) is 4.03. The second kappa shape index (κ2) is 8.82. The van der Waals surface area contributed by atoms with E-state index in [1.54, 1.807) is 0 Å². The Kier molecular flexibility index (Phi) is 6.23. The maximum Gasteiger partial charge on any atom is 0.150 e. The Morgan fingerprint density at radius 1 is 1.04 bits per heavy atom. The van der Waals surface area contributed by atoms with Gasteiger partial charge >= 0.3 is 0 Å². The molecule has 2 N–H and O–H groups in total. The zero-order chi connectivity index (χ0) is 18.6. The average Bonchev–Trinajstić information content (AvgIpc) is 3.37. The van der Waals surface area contributed by atoms with E-state index in [9.17, 15) is 0 Å². The van der Waals surface area contributed by atoms with Gasteiger partial charge in [-0.15, -0.1) is 0 Å². The number of halogens is 2. The minimum absolute atomic E-state index is 0.561. The molecule has 2 fully saturated rings. The summed E-state index contributed by atoms with van der Waals surface area (Å²) >= 11 is 12.1. The van der Waals surface area contributed by atoms with Gasteiger partial charge in [-0.1, -0.05) is 29.3 Å². The number of benzene rings is 1. The summed E-state index contributed by atoms with van der Waals surface area (Å²) in [6.45, 7) is 6.92. The van der Waals surface area contributed by atoms with Gasteiger partial charge < -0.3 is 15.1 Å². The first-order valence-electron chi connectivity index (χ1n) is 9.90. The van der Waals surface area contributed by atoms with E-state index >= 15 is 0 Å². The number of H-pyrrole nitrogens is 1. The van der Waals surface area contributed by atoms with Crippen LogP contribution in [0.5, 0.6) is 0 Å². The molecule has 4 rings (SSSR count). The molecule has 2 aliphatic rings. The van der Waals surface area contributed by atoms with Crippen LogP contribution < -0.4 is 10.2 Å². The van der Waals surface area contributed by atoms with Crippen LogP contribution in [-0.4, -0.2) is 60.4 Å². The van der Waals surface area contributed by atoms with E-state index in [1.165, 1.54) is 32.5 Å². The molecule has 5 nitrogen and oxygen atoms in total. The summed E-state index contributed by atoms with van der Waals surface area (Å²) in [7, 11) is 0. The second-order valence-electron chi connectivity index (χ2n) is 7.53. The normalized spacial score (nSPS) is 19.1. The van der Waals surface area contributed by atoms with Gasteiger partial charge in [-0.2, -0.15) is 5.10 Å². The zero-order valence-corrected chi connectivity index (χ0v) is 17.1. The number of hydrogen-bond donors (Lipinski definition) is 2. The van der Waals surface area contributed by atoms with Crippen molar-refractivity contribution in [2.45, 2.75) is 31.7 Å². The van der Waals surface area contributed by atoms with E-state index in [1.807, 2.05) is 18.2 Å². The molecule has 0 spiro atoms. The standard InChI is InChI=1S/C20H27Cl2N5/c21-17-4-3-15(13-18(17)22)19-14-20(25-24-19)27-10-5-16(6-11-27)23-7-12-26-8-1-2-9-26/h3-4,13-14,16,23H,1-2,5-12H2,(H,24,25). The third-order valence-corrected chi connectivity index (χ3v) is 6.41. The molecule has 0 aliphatic carbocycles. The monoisotopic (exact) mass is 407 g/mol. The summed E-state index contributed by atoms with van der Waals surface area (Å²) in [4.78, 5) is 4.92. The van der Waals surface area contributed by atoms with Gasteiger partial charge in [0.15, 0.2) is 5.82 Å². The highest BCUT2D eigenvalue weighted by atomic mass is 35.5. The van der Waals surface area contributed by atoms with Crippen LogP contribution in [0.15, 0.2) is 24.3 Å². The minimum Gasteiger partial charge on any atom is -0.355 e. The fourth-order valence-corrected chi connectivity index (χ4v) is 4.33. The molecule has 0 radical (unpaired) electrons. The highest BCUT2D eigenvalue weighted by molar-refractivity contribution is 6.42. The van der Waals surface area contributed by atoms with Crippen LogP contribution in [0.2, 0.25) is 10.0 Å². The molecule has 0 atom stereocenters.